The Balaban J connectivity index is 1.91. The van der Waals surface area contributed by atoms with E-state index in [1.54, 1.807) is 12.1 Å². The van der Waals surface area contributed by atoms with Gasteiger partial charge in [0.2, 0.25) is 0 Å². The van der Waals surface area contributed by atoms with Crippen LogP contribution in [0.25, 0.3) is 11.1 Å². The molecule has 108 valence electrons. The molecule has 6 heteroatoms. The average molecular weight is 373 g/mol. The van der Waals surface area contributed by atoms with Crippen molar-refractivity contribution in [2.75, 3.05) is 0 Å². The highest BCUT2D eigenvalue weighted by atomic mass is 79.9. The third kappa shape index (κ3) is 2.94. The molecule has 0 spiro atoms. The lowest BCUT2D eigenvalue weighted by Crippen LogP contribution is -2.03. The highest BCUT2D eigenvalue weighted by Crippen LogP contribution is 2.32. The van der Waals surface area contributed by atoms with Gasteiger partial charge in [0.1, 0.15) is 17.2 Å². The zero-order valence-electron chi connectivity index (χ0n) is 10.6. The molecule has 1 unspecified atom stereocenters. The molecule has 0 saturated heterocycles. The maximum absolute atomic E-state index is 13.9. The van der Waals surface area contributed by atoms with E-state index in [-0.39, 0.29) is 12.0 Å². The van der Waals surface area contributed by atoms with Crippen LogP contribution in [0.5, 0.6) is 0 Å². The fourth-order valence-corrected chi connectivity index (χ4v) is 2.86. The average Bonchev–Trinajstić information content (AvgIpc) is 2.79. The van der Waals surface area contributed by atoms with Crippen molar-refractivity contribution < 1.29 is 13.2 Å². The summed E-state index contributed by atoms with van der Waals surface area (Å²) in [6, 6.07) is 9.59. The summed E-state index contributed by atoms with van der Waals surface area (Å²) in [5.74, 6) is -1.05. The number of para-hydroxylation sites is 2. The largest absolute Gasteiger partial charge is 0.441 e. The molecule has 2 aromatic carbocycles. The number of hydrogen-bond donors (Lipinski definition) is 0. The second-order valence-electron chi connectivity index (χ2n) is 4.53. The summed E-state index contributed by atoms with van der Waals surface area (Å²) < 4.78 is 33.6. The molecule has 0 aliphatic heterocycles. The summed E-state index contributed by atoms with van der Waals surface area (Å²) in [5.41, 5.74) is 1.13. The fraction of sp³-hybridized carbons (Fsp3) is 0.133. The van der Waals surface area contributed by atoms with Crippen LogP contribution in [0.3, 0.4) is 0 Å². The smallest absolute Gasteiger partial charge is 0.197 e. The minimum absolute atomic E-state index is 0.103. The van der Waals surface area contributed by atoms with Crippen molar-refractivity contribution in [2.24, 2.45) is 0 Å². The molecule has 3 aromatic rings. The van der Waals surface area contributed by atoms with E-state index in [1.807, 2.05) is 12.1 Å². The van der Waals surface area contributed by atoms with E-state index in [2.05, 4.69) is 20.9 Å². The van der Waals surface area contributed by atoms with Gasteiger partial charge in [0.25, 0.3) is 0 Å². The van der Waals surface area contributed by atoms with Crippen LogP contribution in [0.15, 0.2) is 45.3 Å². The Hall–Kier alpha value is -1.46. The number of nitrogens with zero attached hydrogens (tertiary/aromatic N) is 1. The van der Waals surface area contributed by atoms with Crippen LogP contribution in [0.1, 0.15) is 16.8 Å². The number of rotatable bonds is 3. The third-order valence-corrected chi connectivity index (χ3v) is 3.88. The van der Waals surface area contributed by atoms with Crippen LogP contribution < -0.4 is 0 Å². The van der Waals surface area contributed by atoms with Gasteiger partial charge < -0.3 is 4.42 Å². The highest BCUT2D eigenvalue weighted by molar-refractivity contribution is 9.10. The van der Waals surface area contributed by atoms with E-state index < -0.39 is 17.0 Å². The second kappa shape index (κ2) is 5.73. The summed E-state index contributed by atoms with van der Waals surface area (Å²) in [4.78, 5) is 4.25. The summed E-state index contributed by atoms with van der Waals surface area (Å²) in [7, 11) is 0. The molecule has 0 bridgehead atoms. The first kappa shape index (κ1) is 14.5. The van der Waals surface area contributed by atoms with Crippen LogP contribution in [-0.4, -0.2) is 4.98 Å². The van der Waals surface area contributed by atoms with Crippen LogP contribution in [0, 0.1) is 11.6 Å². The Morgan fingerprint density at radius 1 is 1.19 bits per heavy atom. The minimum atomic E-state index is -0.897. The van der Waals surface area contributed by atoms with Gasteiger partial charge in [-0.25, -0.2) is 13.8 Å². The molecule has 21 heavy (non-hydrogen) atoms. The van der Waals surface area contributed by atoms with Crippen LogP contribution in [0.4, 0.5) is 8.78 Å². The number of alkyl halides is 1. The quantitative estimate of drug-likeness (QED) is 0.576. The van der Waals surface area contributed by atoms with Crippen molar-refractivity contribution in [2.45, 2.75) is 11.8 Å². The first-order chi connectivity index (χ1) is 10.0. The molecule has 0 amide bonds. The normalized spacial score (nSPS) is 12.8. The maximum atomic E-state index is 13.9. The molecular formula is C15H9BrClF2NO. The maximum Gasteiger partial charge on any atom is 0.197 e. The molecule has 1 aromatic heterocycles. The first-order valence-corrected chi connectivity index (χ1v) is 7.40. The van der Waals surface area contributed by atoms with Gasteiger partial charge in [-0.15, -0.1) is 11.6 Å². The predicted octanol–water partition coefficient (Wildman–Crippen LogP) is 5.39. The Morgan fingerprint density at radius 2 is 1.86 bits per heavy atom. The molecule has 0 aliphatic rings. The van der Waals surface area contributed by atoms with Crippen LogP contribution in [0.2, 0.25) is 0 Å². The molecule has 0 radical (unpaired) electrons. The number of fused-ring (bicyclic) bond motifs is 1. The van der Waals surface area contributed by atoms with E-state index in [4.69, 9.17) is 16.0 Å². The predicted molar refractivity (Wildman–Crippen MR) is 80.4 cm³/mol. The van der Waals surface area contributed by atoms with Gasteiger partial charge in [0.15, 0.2) is 11.5 Å². The molecule has 0 fully saturated rings. The van der Waals surface area contributed by atoms with Crippen molar-refractivity contribution in [1.82, 2.24) is 4.98 Å². The van der Waals surface area contributed by atoms with Gasteiger partial charge >= 0.3 is 0 Å². The van der Waals surface area contributed by atoms with Gasteiger partial charge in [-0.05, 0) is 24.3 Å². The lowest BCUT2D eigenvalue weighted by Gasteiger charge is -2.10. The Labute approximate surface area is 132 Å². The zero-order chi connectivity index (χ0) is 15.0. The van der Waals surface area contributed by atoms with Crippen molar-refractivity contribution in [3.63, 3.8) is 0 Å². The molecule has 0 aliphatic carbocycles. The number of aromatic nitrogens is 1. The topological polar surface area (TPSA) is 26.0 Å². The molecule has 0 N–H and O–H groups in total. The van der Waals surface area contributed by atoms with Crippen molar-refractivity contribution >= 4 is 38.6 Å². The molecule has 1 heterocycles. The van der Waals surface area contributed by atoms with Crippen molar-refractivity contribution in [1.29, 1.82) is 0 Å². The van der Waals surface area contributed by atoms with Gasteiger partial charge in [-0.1, -0.05) is 28.1 Å². The number of halogens is 4. The lowest BCUT2D eigenvalue weighted by molar-refractivity contribution is 0.506. The van der Waals surface area contributed by atoms with E-state index in [0.717, 1.165) is 0 Å². The lowest BCUT2D eigenvalue weighted by atomic mass is 10.1. The number of benzene rings is 2. The number of oxazole rings is 1. The molecule has 0 saturated carbocycles. The third-order valence-electron chi connectivity index (χ3n) is 3.05. The standard InChI is InChI=1S/C15H9BrClF2NO/c16-8-5-10(18)15(11(19)6-8)9(17)7-14-20-12-3-1-2-4-13(12)21-14/h1-6,9H,7H2. The summed E-state index contributed by atoms with van der Waals surface area (Å²) in [5, 5.41) is -0.897. The molecule has 2 nitrogen and oxygen atoms in total. The van der Waals surface area contributed by atoms with Crippen LogP contribution in [-0.2, 0) is 6.42 Å². The first-order valence-electron chi connectivity index (χ1n) is 6.17. The summed E-state index contributed by atoms with van der Waals surface area (Å²) in [6.07, 6.45) is 0.103. The SMILES string of the molecule is Fc1cc(Br)cc(F)c1C(Cl)Cc1nc2ccccc2o1. The van der Waals surface area contributed by atoms with Gasteiger partial charge in [-0.3, -0.25) is 0 Å². The zero-order valence-corrected chi connectivity index (χ0v) is 13.0. The molecule has 1 atom stereocenters. The monoisotopic (exact) mass is 371 g/mol. The summed E-state index contributed by atoms with van der Waals surface area (Å²) in [6.45, 7) is 0. The Bertz CT molecular complexity index is 749. The van der Waals surface area contributed by atoms with E-state index in [9.17, 15) is 8.78 Å². The van der Waals surface area contributed by atoms with Crippen LogP contribution >= 0.6 is 27.5 Å². The van der Waals surface area contributed by atoms with Gasteiger partial charge in [0, 0.05) is 16.5 Å². The van der Waals surface area contributed by atoms with E-state index >= 15 is 0 Å². The molecule has 3 rings (SSSR count). The highest BCUT2D eigenvalue weighted by Gasteiger charge is 2.21. The Kier molecular flexibility index (Phi) is 3.95. The molecular weight excluding hydrogens is 364 g/mol. The van der Waals surface area contributed by atoms with Gasteiger partial charge in [-0.2, -0.15) is 0 Å². The number of hydrogen-bond acceptors (Lipinski definition) is 2. The Morgan fingerprint density at radius 3 is 2.52 bits per heavy atom. The van der Waals surface area contributed by atoms with Crippen molar-refractivity contribution in [3.05, 3.63) is 64.0 Å². The van der Waals surface area contributed by atoms with E-state index in [1.165, 1.54) is 12.1 Å². The fourth-order valence-electron chi connectivity index (χ4n) is 2.12. The van der Waals surface area contributed by atoms with Gasteiger partial charge in [0.05, 0.1) is 5.38 Å². The van der Waals surface area contributed by atoms with E-state index in [0.29, 0.717) is 21.5 Å². The second-order valence-corrected chi connectivity index (χ2v) is 5.97. The minimum Gasteiger partial charge on any atom is -0.441 e. The van der Waals surface area contributed by atoms with Crippen molar-refractivity contribution in [3.8, 4) is 0 Å². The summed E-state index contributed by atoms with van der Waals surface area (Å²) >= 11 is 9.17.